The van der Waals surface area contributed by atoms with Gasteiger partial charge in [0.2, 0.25) is 11.7 Å². The number of amides is 1. The minimum atomic E-state index is -0.330. The first-order valence-corrected chi connectivity index (χ1v) is 12.2. The van der Waals surface area contributed by atoms with Crippen molar-refractivity contribution in [1.29, 1.82) is 0 Å². The normalized spacial score (nSPS) is 16.3. The maximum atomic E-state index is 13.4. The highest BCUT2D eigenvalue weighted by Crippen LogP contribution is 2.18. The summed E-state index contributed by atoms with van der Waals surface area (Å²) < 4.78 is 16.8. The molecule has 3 heterocycles. The lowest BCUT2D eigenvalue weighted by Crippen LogP contribution is -2.40. The van der Waals surface area contributed by atoms with Crippen molar-refractivity contribution in [2.45, 2.75) is 45.2 Å². The molecular formula is C26H29FN6O2. The third-order valence-corrected chi connectivity index (χ3v) is 6.84. The first-order valence-electron chi connectivity index (χ1n) is 12.2. The van der Waals surface area contributed by atoms with E-state index < -0.39 is 0 Å². The average molecular weight is 477 g/mol. The lowest BCUT2D eigenvalue weighted by Gasteiger charge is -2.22. The van der Waals surface area contributed by atoms with Crippen molar-refractivity contribution in [1.82, 2.24) is 29.4 Å². The fourth-order valence-corrected chi connectivity index (χ4v) is 4.98. The summed E-state index contributed by atoms with van der Waals surface area (Å²) in [5, 5.41) is 12.3. The van der Waals surface area contributed by atoms with Gasteiger partial charge in [-0.1, -0.05) is 31.2 Å². The Morgan fingerprint density at radius 1 is 1.14 bits per heavy atom. The van der Waals surface area contributed by atoms with Gasteiger partial charge >= 0.3 is 0 Å². The Labute approximate surface area is 202 Å². The van der Waals surface area contributed by atoms with Gasteiger partial charge in [0.1, 0.15) is 11.6 Å². The van der Waals surface area contributed by atoms with Gasteiger partial charge in [-0.3, -0.25) is 23.5 Å². The molecule has 182 valence electrons. The van der Waals surface area contributed by atoms with E-state index in [9.17, 15) is 14.0 Å². The van der Waals surface area contributed by atoms with E-state index in [1.807, 2.05) is 22.6 Å². The summed E-state index contributed by atoms with van der Waals surface area (Å²) in [5.41, 5.74) is 1.29. The minimum Gasteiger partial charge on any atom is -0.355 e. The number of rotatable bonds is 8. The number of carbonyl (C=O) groups is 1. The Bertz CT molecular complexity index is 1410. The number of nitrogens with one attached hydrogen (secondary N) is 1. The fraction of sp³-hybridized carbons (Fsp3) is 0.385. The Morgan fingerprint density at radius 2 is 1.94 bits per heavy atom. The van der Waals surface area contributed by atoms with Gasteiger partial charge in [0, 0.05) is 25.4 Å². The molecule has 5 rings (SSSR count). The van der Waals surface area contributed by atoms with Gasteiger partial charge in [0.15, 0.2) is 0 Å². The zero-order valence-electron chi connectivity index (χ0n) is 19.8. The Kier molecular flexibility index (Phi) is 6.59. The van der Waals surface area contributed by atoms with Crippen LogP contribution in [0, 0.1) is 5.82 Å². The molecular weight excluding hydrogens is 447 g/mol. The number of aryl methyl sites for hydroxylation is 1. The molecule has 35 heavy (non-hydrogen) atoms. The van der Waals surface area contributed by atoms with E-state index in [-0.39, 0.29) is 30.2 Å². The molecule has 1 amide bonds. The van der Waals surface area contributed by atoms with Crippen LogP contribution in [0.25, 0.3) is 16.7 Å². The van der Waals surface area contributed by atoms with Gasteiger partial charge in [-0.25, -0.2) is 4.39 Å². The van der Waals surface area contributed by atoms with Crippen LogP contribution in [0.3, 0.4) is 0 Å². The monoisotopic (exact) mass is 476 g/mol. The van der Waals surface area contributed by atoms with Gasteiger partial charge < -0.3 is 5.32 Å². The number of likely N-dealkylation sites (N-methyl/N-ethyl adjacent to an activating group) is 1. The summed E-state index contributed by atoms with van der Waals surface area (Å²) in [5.74, 6) is 0.671. The summed E-state index contributed by atoms with van der Waals surface area (Å²) in [4.78, 5) is 28.3. The van der Waals surface area contributed by atoms with Crippen LogP contribution in [0.4, 0.5) is 4.39 Å². The standard InChI is InChI=1S/C26H29FN6O2/c1-2-31-15-5-6-20(31)16-28-24(34)14-13-23-29-30-26-32(17-18-9-11-19(27)12-10-18)25(35)21-7-3-4-8-22(21)33(23)26/h3-4,7-12,20H,2,5-6,13-17H2,1H3,(H,28,34)/t20-/m1/s1. The van der Waals surface area contributed by atoms with Crippen LogP contribution in [0.5, 0.6) is 0 Å². The summed E-state index contributed by atoms with van der Waals surface area (Å²) in [7, 11) is 0. The van der Waals surface area contributed by atoms with Crippen LogP contribution in [0.1, 0.15) is 37.6 Å². The number of aromatic nitrogens is 4. The van der Waals surface area contributed by atoms with Crippen molar-refractivity contribution in [2.24, 2.45) is 0 Å². The zero-order chi connectivity index (χ0) is 24.4. The SMILES string of the molecule is CCN1CCC[C@@H]1CNC(=O)CCc1nnc2n(Cc3ccc(F)cc3)c(=O)c3ccccc3n12. The highest BCUT2D eigenvalue weighted by Gasteiger charge is 2.23. The predicted molar refractivity (Wildman–Crippen MR) is 132 cm³/mol. The van der Waals surface area contributed by atoms with E-state index in [1.165, 1.54) is 18.6 Å². The first kappa shape index (κ1) is 23.2. The second kappa shape index (κ2) is 9.95. The summed E-state index contributed by atoms with van der Waals surface area (Å²) in [6.45, 7) is 5.14. The third-order valence-electron chi connectivity index (χ3n) is 6.84. The predicted octanol–water partition coefficient (Wildman–Crippen LogP) is 2.76. The Balaban J connectivity index is 1.40. The van der Waals surface area contributed by atoms with E-state index in [0.29, 0.717) is 41.5 Å². The van der Waals surface area contributed by atoms with E-state index >= 15 is 0 Å². The highest BCUT2D eigenvalue weighted by atomic mass is 19.1. The van der Waals surface area contributed by atoms with Gasteiger partial charge in [-0.15, -0.1) is 10.2 Å². The molecule has 2 aromatic heterocycles. The second-order valence-electron chi connectivity index (χ2n) is 9.02. The molecule has 1 saturated heterocycles. The van der Waals surface area contributed by atoms with Crippen molar-refractivity contribution in [3.8, 4) is 0 Å². The number of para-hydroxylation sites is 1. The molecule has 2 aromatic carbocycles. The largest absolute Gasteiger partial charge is 0.355 e. The molecule has 1 fully saturated rings. The van der Waals surface area contributed by atoms with E-state index in [2.05, 4.69) is 27.3 Å². The topological polar surface area (TPSA) is 84.5 Å². The molecule has 0 bridgehead atoms. The first-order chi connectivity index (χ1) is 17.0. The fourth-order valence-electron chi connectivity index (χ4n) is 4.98. The summed E-state index contributed by atoms with van der Waals surface area (Å²) in [6, 6.07) is 13.8. The van der Waals surface area contributed by atoms with E-state index in [0.717, 1.165) is 25.1 Å². The molecule has 0 spiro atoms. The molecule has 0 unspecified atom stereocenters. The molecule has 0 saturated carbocycles. The molecule has 1 aliphatic heterocycles. The average Bonchev–Trinajstić information content (AvgIpc) is 3.52. The van der Waals surface area contributed by atoms with Crippen LogP contribution in [-0.2, 0) is 17.8 Å². The van der Waals surface area contributed by atoms with Crippen LogP contribution in [-0.4, -0.2) is 55.6 Å². The number of benzene rings is 2. The van der Waals surface area contributed by atoms with Crippen molar-refractivity contribution in [3.63, 3.8) is 0 Å². The number of likely N-dealkylation sites (tertiary alicyclic amines) is 1. The minimum absolute atomic E-state index is 0.0198. The number of fused-ring (bicyclic) bond motifs is 3. The maximum Gasteiger partial charge on any atom is 0.263 e. The van der Waals surface area contributed by atoms with E-state index in [4.69, 9.17) is 0 Å². The third kappa shape index (κ3) is 4.68. The highest BCUT2D eigenvalue weighted by molar-refractivity contribution is 5.80. The van der Waals surface area contributed by atoms with Crippen molar-refractivity contribution in [3.05, 3.63) is 76.1 Å². The van der Waals surface area contributed by atoms with Crippen molar-refractivity contribution in [2.75, 3.05) is 19.6 Å². The van der Waals surface area contributed by atoms with Crippen molar-refractivity contribution < 1.29 is 9.18 Å². The number of carbonyl (C=O) groups excluding carboxylic acids is 1. The lowest BCUT2D eigenvalue weighted by atomic mass is 10.2. The molecule has 1 aliphatic rings. The molecule has 0 radical (unpaired) electrons. The molecule has 0 aliphatic carbocycles. The van der Waals surface area contributed by atoms with Gasteiger partial charge in [0.05, 0.1) is 17.4 Å². The number of hydrogen-bond donors (Lipinski definition) is 1. The van der Waals surface area contributed by atoms with Gasteiger partial charge in [-0.2, -0.15) is 0 Å². The number of nitrogens with zero attached hydrogens (tertiary/aromatic N) is 5. The van der Waals surface area contributed by atoms with Crippen LogP contribution >= 0.6 is 0 Å². The van der Waals surface area contributed by atoms with E-state index in [1.54, 1.807) is 22.8 Å². The Morgan fingerprint density at radius 3 is 2.74 bits per heavy atom. The quantitative estimate of drug-likeness (QED) is 0.423. The molecule has 1 N–H and O–H groups in total. The second-order valence-corrected chi connectivity index (χ2v) is 9.02. The van der Waals surface area contributed by atoms with Crippen molar-refractivity contribution >= 4 is 22.6 Å². The number of hydrogen-bond acceptors (Lipinski definition) is 5. The number of halogens is 1. The molecule has 4 aromatic rings. The van der Waals surface area contributed by atoms with Crippen LogP contribution in [0.15, 0.2) is 53.3 Å². The summed E-state index contributed by atoms with van der Waals surface area (Å²) >= 11 is 0. The van der Waals surface area contributed by atoms with Crippen LogP contribution < -0.4 is 10.9 Å². The van der Waals surface area contributed by atoms with Gasteiger partial charge in [-0.05, 0) is 55.8 Å². The molecule has 8 nitrogen and oxygen atoms in total. The molecule has 9 heteroatoms. The van der Waals surface area contributed by atoms with Gasteiger partial charge in [0.25, 0.3) is 5.56 Å². The smallest absolute Gasteiger partial charge is 0.263 e. The van der Waals surface area contributed by atoms with Crippen LogP contribution in [0.2, 0.25) is 0 Å². The maximum absolute atomic E-state index is 13.4. The lowest BCUT2D eigenvalue weighted by molar-refractivity contribution is -0.121. The zero-order valence-corrected chi connectivity index (χ0v) is 19.8. The molecule has 1 atom stereocenters. The summed E-state index contributed by atoms with van der Waals surface area (Å²) in [6.07, 6.45) is 2.96. The Hall–Kier alpha value is -3.59.